The Labute approximate surface area is 119 Å². The first-order valence-electron chi connectivity index (χ1n) is 5.68. The van der Waals surface area contributed by atoms with Crippen LogP contribution in [0.1, 0.15) is 0 Å². The monoisotopic (exact) mass is 297 g/mol. The molecule has 0 bridgehead atoms. The number of hydrogen-bond donors (Lipinski definition) is 1. The van der Waals surface area contributed by atoms with E-state index in [0.29, 0.717) is 5.69 Å². The molecule has 2 aromatic rings. The van der Waals surface area contributed by atoms with Crippen molar-refractivity contribution in [2.45, 2.75) is 0 Å². The molecule has 0 saturated heterocycles. The molecule has 0 radical (unpaired) electrons. The van der Waals surface area contributed by atoms with Crippen LogP contribution >= 0.6 is 11.6 Å². The molecule has 0 saturated carbocycles. The molecule has 20 heavy (non-hydrogen) atoms. The Morgan fingerprint density at radius 2 is 1.90 bits per heavy atom. The number of ether oxygens (including phenoxy) is 1. The highest BCUT2D eigenvalue weighted by Crippen LogP contribution is 2.24. The van der Waals surface area contributed by atoms with Crippen LogP contribution in [0.15, 0.2) is 42.5 Å². The van der Waals surface area contributed by atoms with E-state index in [0.717, 1.165) is 6.07 Å². The molecule has 1 amide bonds. The second-order valence-electron chi connectivity index (χ2n) is 3.92. The van der Waals surface area contributed by atoms with Crippen molar-refractivity contribution in [2.24, 2.45) is 0 Å². The fraction of sp³-hybridized carbons (Fsp3) is 0.0714. The zero-order chi connectivity index (χ0) is 14.5. The molecule has 0 unspecified atom stereocenters. The fourth-order valence-corrected chi connectivity index (χ4v) is 1.72. The molecule has 0 fully saturated rings. The Morgan fingerprint density at radius 3 is 2.60 bits per heavy atom. The molecule has 0 atom stereocenters. The molecule has 6 heteroatoms. The van der Waals surface area contributed by atoms with Gasteiger partial charge in [0.1, 0.15) is 17.4 Å². The number of amides is 1. The van der Waals surface area contributed by atoms with Gasteiger partial charge in [0.15, 0.2) is 6.61 Å². The van der Waals surface area contributed by atoms with Crippen molar-refractivity contribution in [3.05, 3.63) is 59.1 Å². The van der Waals surface area contributed by atoms with Crippen LogP contribution in [0.4, 0.5) is 14.5 Å². The number of anilines is 1. The zero-order valence-electron chi connectivity index (χ0n) is 10.2. The SMILES string of the molecule is O=C(COc1ccc(F)cc1Cl)Nc1cccc(F)c1. The van der Waals surface area contributed by atoms with E-state index in [1.807, 2.05) is 0 Å². The highest BCUT2D eigenvalue weighted by molar-refractivity contribution is 6.32. The molecule has 1 N–H and O–H groups in total. The molecular formula is C14H10ClF2NO2. The van der Waals surface area contributed by atoms with Crippen LogP contribution in [-0.4, -0.2) is 12.5 Å². The molecule has 0 aromatic heterocycles. The van der Waals surface area contributed by atoms with E-state index in [9.17, 15) is 13.6 Å². The van der Waals surface area contributed by atoms with Crippen LogP contribution in [0.3, 0.4) is 0 Å². The maximum Gasteiger partial charge on any atom is 0.262 e. The Kier molecular flexibility index (Phi) is 4.53. The van der Waals surface area contributed by atoms with Crippen molar-refractivity contribution in [1.82, 2.24) is 0 Å². The summed E-state index contributed by atoms with van der Waals surface area (Å²) in [4.78, 5) is 11.6. The normalized spacial score (nSPS) is 10.2. The number of rotatable bonds is 4. The molecular weight excluding hydrogens is 288 g/mol. The molecule has 2 rings (SSSR count). The van der Waals surface area contributed by atoms with Gasteiger partial charge in [-0.3, -0.25) is 4.79 Å². The minimum atomic E-state index is -0.494. The molecule has 0 spiro atoms. The number of halogens is 3. The summed E-state index contributed by atoms with van der Waals surface area (Å²) in [6.45, 7) is -0.318. The lowest BCUT2D eigenvalue weighted by atomic mass is 10.3. The molecule has 0 aliphatic heterocycles. The van der Waals surface area contributed by atoms with Crippen LogP contribution in [0.25, 0.3) is 0 Å². The predicted molar refractivity (Wildman–Crippen MR) is 71.9 cm³/mol. The number of nitrogens with one attached hydrogen (secondary N) is 1. The van der Waals surface area contributed by atoms with E-state index < -0.39 is 17.5 Å². The first-order chi connectivity index (χ1) is 9.54. The molecule has 0 aliphatic carbocycles. The molecule has 2 aromatic carbocycles. The van der Waals surface area contributed by atoms with Crippen LogP contribution in [0.2, 0.25) is 5.02 Å². The highest BCUT2D eigenvalue weighted by Gasteiger charge is 2.07. The van der Waals surface area contributed by atoms with Crippen molar-refractivity contribution in [1.29, 1.82) is 0 Å². The minimum Gasteiger partial charge on any atom is -0.482 e. The third kappa shape index (κ3) is 3.93. The van der Waals surface area contributed by atoms with E-state index in [4.69, 9.17) is 16.3 Å². The van der Waals surface area contributed by atoms with Crippen LogP contribution in [0, 0.1) is 11.6 Å². The smallest absolute Gasteiger partial charge is 0.262 e. The summed E-state index contributed by atoms with van der Waals surface area (Å²) in [5.74, 6) is -1.23. The minimum absolute atomic E-state index is 0.0727. The molecule has 104 valence electrons. The third-order valence-electron chi connectivity index (χ3n) is 2.36. The molecule has 0 heterocycles. The first kappa shape index (κ1) is 14.3. The third-order valence-corrected chi connectivity index (χ3v) is 2.66. The van der Waals surface area contributed by atoms with E-state index in [2.05, 4.69) is 5.32 Å². The van der Waals surface area contributed by atoms with Gasteiger partial charge in [-0.15, -0.1) is 0 Å². The van der Waals surface area contributed by atoms with E-state index in [-0.39, 0.29) is 17.4 Å². The zero-order valence-corrected chi connectivity index (χ0v) is 11.0. The summed E-state index contributed by atoms with van der Waals surface area (Å²) in [5, 5.41) is 2.54. The van der Waals surface area contributed by atoms with Gasteiger partial charge in [0.25, 0.3) is 5.91 Å². The van der Waals surface area contributed by atoms with Gasteiger partial charge < -0.3 is 10.1 Å². The quantitative estimate of drug-likeness (QED) is 0.936. The van der Waals surface area contributed by atoms with E-state index in [1.165, 1.54) is 30.3 Å². The summed E-state index contributed by atoms with van der Waals surface area (Å²) >= 11 is 5.75. The van der Waals surface area contributed by atoms with Crippen LogP contribution < -0.4 is 10.1 Å². The van der Waals surface area contributed by atoms with Crippen LogP contribution in [0.5, 0.6) is 5.75 Å². The largest absolute Gasteiger partial charge is 0.482 e. The summed E-state index contributed by atoms with van der Waals surface area (Å²) in [5.41, 5.74) is 0.323. The van der Waals surface area contributed by atoms with Crippen LogP contribution in [-0.2, 0) is 4.79 Å². The van der Waals surface area contributed by atoms with Gasteiger partial charge in [0.2, 0.25) is 0 Å². The van der Waals surface area contributed by atoms with E-state index >= 15 is 0 Å². The Hall–Kier alpha value is -2.14. The van der Waals surface area contributed by atoms with Crippen molar-refractivity contribution in [3.63, 3.8) is 0 Å². The van der Waals surface area contributed by atoms with E-state index in [1.54, 1.807) is 6.07 Å². The van der Waals surface area contributed by atoms with Crippen molar-refractivity contribution in [3.8, 4) is 5.75 Å². The van der Waals surface area contributed by atoms with Crippen molar-refractivity contribution >= 4 is 23.2 Å². The maximum atomic E-state index is 12.9. The first-order valence-corrected chi connectivity index (χ1v) is 6.05. The molecule has 3 nitrogen and oxygen atoms in total. The second-order valence-corrected chi connectivity index (χ2v) is 4.33. The van der Waals surface area contributed by atoms with Gasteiger partial charge >= 0.3 is 0 Å². The number of benzene rings is 2. The van der Waals surface area contributed by atoms with Crippen molar-refractivity contribution < 1.29 is 18.3 Å². The average Bonchev–Trinajstić information content (AvgIpc) is 2.37. The van der Waals surface area contributed by atoms with Gasteiger partial charge in [-0.1, -0.05) is 17.7 Å². The van der Waals surface area contributed by atoms with Gasteiger partial charge in [-0.05, 0) is 36.4 Å². The predicted octanol–water partition coefficient (Wildman–Crippen LogP) is 3.64. The fourth-order valence-electron chi connectivity index (χ4n) is 1.50. The van der Waals surface area contributed by atoms with Gasteiger partial charge in [0.05, 0.1) is 5.02 Å². The summed E-state index contributed by atoms with van der Waals surface area (Å²) in [6, 6.07) is 9.06. The number of carbonyl (C=O) groups excluding carboxylic acids is 1. The lowest BCUT2D eigenvalue weighted by molar-refractivity contribution is -0.118. The number of carbonyl (C=O) groups is 1. The lowest BCUT2D eigenvalue weighted by Crippen LogP contribution is -2.20. The summed E-state index contributed by atoms with van der Waals surface area (Å²) in [7, 11) is 0. The Morgan fingerprint density at radius 1 is 1.15 bits per heavy atom. The highest BCUT2D eigenvalue weighted by atomic mass is 35.5. The molecule has 0 aliphatic rings. The maximum absolute atomic E-state index is 12.9. The van der Waals surface area contributed by atoms with Crippen molar-refractivity contribution in [2.75, 3.05) is 11.9 Å². The topological polar surface area (TPSA) is 38.3 Å². The van der Waals surface area contributed by atoms with Gasteiger partial charge in [-0.25, -0.2) is 8.78 Å². The van der Waals surface area contributed by atoms with Gasteiger partial charge in [0, 0.05) is 5.69 Å². The van der Waals surface area contributed by atoms with Gasteiger partial charge in [-0.2, -0.15) is 0 Å². The lowest BCUT2D eigenvalue weighted by Gasteiger charge is -2.08. The summed E-state index contributed by atoms with van der Waals surface area (Å²) < 4.78 is 30.9. The Bertz CT molecular complexity index is 634. The number of hydrogen-bond acceptors (Lipinski definition) is 2. The standard InChI is InChI=1S/C14H10ClF2NO2/c15-12-7-10(17)4-5-13(12)20-8-14(19)18-11-3-1-2-9(16)6-11/h1-7H,8H2,(H,18,19). The average molecular weight is 298 g/mol. The summed E-state index contributed by atoms with van der Waals surface area (Å²) in [6.07, 6.45) is 0. The Balaban J connectivity index is 1.92. The second kappa shape index (κ2) is 6.34.